The number of phenols is 1. The Kier molecular flexibility index (Phi) is 5.85. The number of hydrogen-bond acceptors (Lipinski definition) is 6. The standard InChI is InChI=1S/C19H22N4O4/c1-14(27-16-5-3-15(24)4-6-16)18(25)22-9-2-10-23(12-11-22)19(26)17-13-20-7-8-21-17/h3-8,13-14,24H,2,9-12H2,1H3. The molecular formula is C19H22N4O4. The van der Waals surface area contributed by atoms with E-state index in [1.54, 1.807) is 28.9 Å². The number of aromatic nitrogens is 2. The Morgan fingerprint density at radius 2 is 1.78 bits per heavy atom. The fourth-order valence-electron chi connectivity index (χ4n) is 2.95. The molecule has 2 amide bonds. The molecule has 1 N–H and O–H groups in total. The highest BCUT2D eigenvalue weighted by atomic mass is 16.5. The first-order valence-electron chi connectivity index (χ1n) is 8.84. The molecule has 0 spiro atoms. The van der Waals surface area contributed by atoms with E-state index in [0.29, 0.717) is 44.0 Å². The molecule has 0 bridgehead atoms. The molecule has 1 unspecified atom stereocenters. The van der Waals surface area contributed by atoms with Gasteiger partial charge < -0.3 is 19.6 Å². The Morgan fingerprint density at radius 3 is 2.48 bits per heavy atom. The van der Waals surface area contributed by atoms with Gasteiger partial charge in [-0.3, -0.25) is 14.6 Å². The predicted molar refractivity (Wildman–Crippen MR) is 97.3 cm³/mol. The van der Waals surface area contributed by atoms with Gasteiger partial charge in [0.15, 0.2) is 6.10 Å². The van der Waals surface area contributed by atoms with Crippen LogP contribution in [0.25, 0.3) is 0 Å². The Balaban J connectivity index is 1.57. The van der Waals surface area contributed by atoms with E-state index >= 15 is 0 Å². The normalized spacial score (nSPS) is 15.7. The van der Waals surface area contributed by atoms with Crippen molar-refractivity contribution in [1.29, 1.82) is 0 Å². The molecule has 1 aromatic heterocycles. The molecule has 1 aliphatic heterocycles. The van der Waals surface area contributed by atoms with Crippen molar-refractivity contribution in [3.63, 3.8) is 0 Å². The summed E-state index contributed by atoms with van der Waals surface area (Å²) >= 11 is 0. The highest BCUT2D eigenvalue weighted by Crippen LogP contribution is 2.18. The van der Waals surface area contributed by atoms with E-state index in [1.165, 1.54) is 30.7 Å². The van der Waals surface area contributed by atoms with Crippen LogP contribution in [0.2, 0.25) is 0 Å². The van der Waals surface area contributed by atoms with Crippen molar-refractivity contribution < 1.29 is 19.4 Å². The number of hydrogen-bond donors (Lipinski definition) is 1. The maximum absolute atomic E-state index is 12.7. The lowest BCUT2D eigenvalue weighted by Gasteiger charge is -2.25. The third-order valence-corrected chi connectivity index (χ3v) is 4.37. The summed E-state index contributed by atoms with van der Waals surface area (Å²) in [6.07, 6.45) is 4.49. The number of benzene rings is 1. The summed E-state index contributed by atoms with van der Waals surface area (Å²) in [4.78, 5) is 36.6. The van der Waals surface area contributed by atoms with E-state index in [-0.39, 0.29) is 17.6 Å². The second kappa shape index (κ2) is 8.48. The van der Waals surface area contributed by atoms with Crippen molar-refractivity contribution in [2.45, 2.75) is 19.4 Å². The molecule has 27 heavy (non-hydrogen) atoms. The third-order valence-electron chi connectivity index (χ3n) is 4.37. The molecule has 2 heterocycles. The highest BCUT2D eigenvalue weighted by Gasteiger charge is 2.27. The number of nitrogens with zero attached hydrogens (tertiary/aromatic N) is 4. The van der Waals surface area contributed by atoms with E-state index in [2.05, 4.69) is 9.97 Å². The van der Waals surface area contributed by atoms with Crippen LogP contribution in [-0.2, 0) is 4.79 Å². The molecule has 8 heteroatoms. The van der Waals surface area contributed by atoms with Crippen LogP contribution in [0.3, 0.4) is 0 Å². The monoisotopic (exact) mass is 370 g/mol. The van der Waals surface area contributed by atoms with Crippen LogP contribution >= 0.6 is 0 Å². The smallest absolute Gasteiger partial charge is 0.274 e. The van der Waals surface area contributed by atoms with Crippen molar-refractivity contribution in [2.24, 2.45) is 0 Å². The molecule has 3 rings (SSSR count). The third kappa shape index (κ3) is 4.72. The van der Waals surface area contributed by atoms with Crippen LogP contribution in [0.15, 0.2) is 42.9 Å². The minimum atomic E-state index is -0.656. The highest BCUT2D eigenvalue weighted by molar-refractivity contribution is 5.92. The molecule has 0 saturated carbocycles. The summed E-state index contributed by atoms with van der Waals surface area (Å²) in [5.74, 6) is 0.354. The zero-order valence-corrected chi connectivity index (χ0v) is 15.1. The van der Waals surface area contributed by atoms with E-state index in [1.807, 2.05) is 0 Å². The van der Waals surface area contributed by atoms with Crippen LogP contribution in [0.4, 0.5) is 0 Å². The molecular weight excluding hydrogens is 348 g/mol. The molecule has 1 aromatic carbocycles. The Labute approximate surface area is 157 Å². The van der Waals surface area contributed by atoms with Crippen molar-refractivity contribution in [1.82, 2.24) is 19.8 Å². The zero-order valence-electron chi connectivity index (χ0n) is 15.1. The van der Waals surface area contributed by atoms with Crippen LogP contribution in [0, 0.1) is 0 Å². The van der Waals surface area contributed by atoms with Gasteiger partial charge in [0.1, 0.15) is 17.2 Å². The number of carbonyl (C=O) groups is 2. The van der Waals surface area contributed by atoms with Crippen LogP contribution in [0.1, 0.15) is 23.8 Å². The molecule has 2 aromatic rings. The summed E-state index contributed by atoms with van der Waals surface area (Å²) in [6.45, 7) is 3.70. The van der Waals surface area contributed by atoms with E-state index in [9.17, 15) is 14.7 Å². The van der Waals surface area contributed by atoms with Gasteiger partial charge in [0.2, 0.25) is 0 Å². The predicted octanol–water partition coefficient (Wildman–Crippen LogP) is 1.32. The molecule has 0 radical (unpaired) electrons. The van der Waals surface area contributed by atoms with Gasteiger partial charge in [0, 0.05) is 38.6 Å². The van der Waals surface area contributed by atoms with Crippen molar-refractivity contribution in [2.75, 3.05) is 26.2 Å². The van der Waals surface area contributed by atoms with Crippen LogP contribution < -0.4 is 4.74 Å². The fraction of sp³-hybridized carbons (Fsp3) is 0.368. The van der Waals surface area contributed by atoms with Gasteiger partial charge in [-0.15, -0.1) is 0 Å². The molecule has 1 saturated heterocycles. The zero-order chi connectivity index (χ0) is 19.2. The van der Waals surface area contributed by atoms with Crippen LogP contribution in [-0.4, -0.2) is 69.0 Å². The molecule has 8 nitrogen and oxygen atoms in total. The van der Waals surface area contributed by atoms with E-state index < -0.39 is 6.10 Å². The van der Waals surface area contributed by atoms with E-state index in [4.69, 9.17) is 4.74 Å². The minimum absolute atomic E-state index is 0.128. The van der Waals surface area contributed by atoms with Crippen molar-refractivity contribution in [3.05, 3.63) is 48.5 Å². The van der Waals surface area contributed by atoms with Gasteiger partial charge in [0.25, 0.3) is 11.8 Å². The number of phenolic OH excluding ortho intramolecular Hbond substituents is 1. The van der Waals surface area contributed by atoms with Gasteiger partial charge in [-0.05, 0) is 37.6 Å². The van der Waals surface area contributed by atoms with Gasteiger partial charge in [-0.25, -0.2) is 4.98 Å². The second-order valence-corrected chi connectivity index (χ2v) is 6.32. The molecule has 1 atom stereocenters. The molecule has 0 aliphatic carbocycles. The topological polar surface area (TPSA) is 95.9 Å². The average Bonchev–Trinajstić information content (AvgIpc) is 2.95. The first-order valence-corrected chi connectivity index (χ1v) is 8.84. The molecule has 142 valence electrons. The number of amides is 2. The maximum atomic E-state index is 12.7. The Hall–Kier alpha value is -3.16. The fourth-order valence-corrected chi connectivity index (χ4v) is 2.95. The summed E-state index contributed by atoms with van der Waals surface area (Å²) in [7, 11) is 0. The number of aromatic hydroxyl groups is 1. The van der Waals surface area contributed by atoms with Crippen LogP contribution in [0.5, 0.6) is 11.5 Å². The first-order chi connectivity index (χ1) is 13.0. The number of ether oxygens (including phenoxy) is 1. The number of carbonyl (C=O) groups excluding carboxylic acids is 2. The van der Waals surface area contributed by atoms with E-state index in [0.717, 1.165) is 0 Å². The SMILES string of the molecule is CC(Oc1ccc(O)cc1)C(=O)N1CCCN(C(=O)c2cnccn2)CC1. The van der Waals surface area contributed by atoms with Gasteiger partial charge >= 0.3 is 0 Å². The van der Waals surface area contributed by atoms with Crippen molar-refractivity contribution >= 4 is 11.8 Å². The second-order valence-electron chi connectivity index (χ2n) is 6.32. The number of rotatable bonds is 4. The van der Waals surface area contributed by atoms with Gasteiger partial charge in [-0.1, -0.05) is 0 Å². The first kappa shape index (κ1) is 18.6. The Morgan fingerprint density at radius 1 is 1.07 bits per heavy atom. The molecule has 1 fully saturated rings. The lowest BCUT2D eigenvalue weighted by molar-refractivity contribution is -0.137. The average molecular weight is 370 g/mol. The lowest BCUT2D eigenvalue weighted by atomic mass is 10.3. The largest absolute Gasteiger partial charge is 0.508 e. The van der Waals surface area contributed by atoms with Gasteiger partial charge in [0.05, 0.1) is 6.20 Å². The lowest BCUT2D eigenvalue weighted by Crippen LogP contribution is -2.43. The Bertz CT molecular complexity index is 782. The maximum Gasteiger partial charge on any atom is 0.274 e. The minimum Gasteiger partial charge on any atom is -0.508 e. The van der Waals surface area contributed by atoms with Gasteiger partial charge in [-0.2, -0.15) is 0 Å². The summed E-state index contributed by atoms with van der Waals surface area (Å²) in [5.41, 5.74) is 0.307. The molecule has 1 aliphatic rings. The summed E-state index contributed by atoms with van der Waals surface area (Å²) in [6, 6.07) is 6.24. The van der Waals surface area contributed by atoms with Crippen molar-refractivity contribution in [3.8, 4) is 11.5 Å². The summed E-state index contributed by atoms with van der Waals surface area (Å²) < 4.78 is 5.67. The summed E-state index contributed by atoms with van der Waals surface area (Å²) in [5, 5.41) is 9.32. The quantitative estimate of drug-likeness (QED) is 0.872.